The van der Waals surface area contributed by atoms with Gasteiger partial charge in [0.25, 0.3) is 0 Å². The highest BCUT2D eigenvalue weighted by Crippen LogP contribution is 2.31. The summed E-state index contributed by atoms with van der Waals surface area (Å²) in [6.45, 7) is 9.20. The predicted octanol–water partition coefficient (Wildman–Crippen LogP) is 1.22. The highest BCUT2D eigenvalue weighted by Gasteiger charge is 2.39. The van der Waals surface area contributed by atoms with E-state index in [4.69, 9.17) is 5.73 Å². The first-order valence-corrected chi connectivity index (χ1v) is 8.45. The van der Waals surface area contributed by atoms with Gasteiger partial charge < -0.3 is 15.5 Å². The Hall–Kier alpha value is -0.160. The van der Waals surface area contributed by atoms with Gasteiger partial charge in [-0.3, -0.25) is 4.90 Å². The summed E-state index contributed by atoms with van der Waals surface area (Å²) in [4.78, 5) is 7.72. The van der Waals surface area contributed by atoms with Crippen molar-refractivity contribution in [1.82, 2.24) is 14.7 Å². The molecule has 2 heterocycles. The molecule has 2 aliphatic rings. The largest absolute Gasteiger partial charge is 0.329 e. The van der Waals surface area contributed by atoms with Crippen LogP contribution in [0.2, 0.25) is 0 Å². The van der Waals surface area contributed by atoms with E-state index in [2.05, 4.69) is 35.7 Å². The number of likely N-dealkylation sites (N-methyl/N-ethyl adjacent to an activating group) is 1. The van der Waals surface area contributed by atoms with Gasteiger partial charge >= 0.3 is 0 Å². The number of nitrogens with two attached hydrogens (primary N) is 1. The van der Waals surface area contributed by atoms with Gasteiger partial charge in [0, 0.05) is 24.7 Å². The maximum atomic E-state index is 6.27. The van der Waals surface area contributed by atoms with Gasteiger partial charge in [-0.15, -0.1) is 0 Å². The second-order valence-corrected chi connectivity index (χ2v) is 6.92. The van der Waals surface area contributed by atoms with Crippen LogP contribution in [0, 0.1) is 0 Å². The molecule has 118 valence electrons. The van der Waals surface area contributed by atoms with Crippen molar-refractivity contribution in [3.63, 3.8) is 0 Å². The molecule has 0 saturated carbocycles. The first kappa shape index (κ1) is 16.2. The van der Waals surface area contributed by atoms with Crippen molar-refractivity contribution in [2.75, 3.05) is 53.4 Å². The Balaban J connectivity index is 2.05. The third kappa shape index (κ3) is 3.53. The number of piperidine rings is 1. The van der Waals surface area contributed by atoms with Gasteiger partial charge in [-0.2, -0.15) is 0 Å². The molecule has 0 aromatic rings. The van der Waals surface area contributed by atoms with Crippen LogP contribution in [0.3, 0.4) is 0 Å². The molecule has 2 rings (SSSR count). The topological polar surface area (TPSA) is 35.7 Å². The molecule has 2 saturated heterocycles. The van der Waals surface area contributed by atoms with E-state index in [9.17, 15) is 0 Å². The molecule has 0 bridgehead atoms. The first-order valence-electron chi connectivity index (χ1n) is 8.45. The van der Waals surface area contributed by atoms with Crippen molar-refractivity contribution in [2.24, 2.45) is 5.73 Å². The molecule has 0 aromatic heterocycles. The third-order valence-electron chi connectivity index (χ3n) is 5.63. The summed E-state index contributed by atoms with van der Waals surface area (Å²) in [6, 6.07) is 0.706. The predicted molar refractivity (Wildman–Crippen MR) is 86.0 cm³/mol. The molecule has 0 aromatic carbocycles. The summed E-state index contributed by atoms with van der Waals surface area (Å²) < 4.78 is 0. The number of hydrogen-bond acceptors (Lipinski definition) is 4. The average Bonchev–Trinajstić information content (AvgIpc) is 2.70. The molecule has 4 nitrogen and oxygen atoms in total. The molecular formula is C16H34N4. The highest BCUT2D eigenvalue weighted by molar-refractivity contribution is 4.97. The second-order valence-electron chi connectivity index (χ2n) is 6.92. The molecule has 2 aliphatic heterocycles. The van der Waals surface area contributed by atoms with Gasteiger partial charge in [0.2, 0.25) is 0 Å². The molecular weight excluding hydrogens is 248 g/mol. The van der Waals surface area contributed by atoms with Gasteiger partial charge in [-0.25, -0.2) is 0 Å². The van der Waals surface area contributed by atoms with E-state index in [1.807, 2.05) is 0 Å². The smallest absolute Gasteiger partial charge is 0.0345 e. The fraction of sp³-hybridized carbons (Fsp3) is 1.00. The summed E-state index contributed by atoms with van der Waals surface area (Å²) in [5.74, 6) is 0. The summed E-state index contributed by atoms with van der Waals surface area (Å²) in [5, 5.41) is 0. The van der Waals surface area contributed by atoms with E-state index >= 15 is 0 Å². The van der Waals surface area contributed by atoms with Gasteiger partial charge in [0.15, 0.2) is 0 Å². The van der Waals surface area contributed by atoms with Crippen LogP contribution in [-0.2, 0) is 0 Å². The van der Waals surface area contributed by atoms with Crippen molar-refractivity contribution in [3.8, 4) is 0 Å². The Morgan fingerprint density at radius 3 is 2.60 bits per heavy atom. The van der Waals surface area contributed by atoms with Crippen molar-refractivity contribution in [3.05, 3.63) is 0 Å². The summed E-state index contributed by atoms with van der Waals surface area (Å²) in [7, 11) is 4.43. The lowest BCUT2D eigenvalue weighted by Crippen LogP contribution is -2.59. The summed E-state index contributed by atoms with van der Waals surface area (Å²) >= 11 is 0. The van der Waals surface area contributed by atoms with Crippen LogP contribution >= 0.6 is 0 Å². The Labute approximate surface area is 125 Å². The van der Waals surface area contributed by atoms with Crippen molar-refractivity contribution in [2.45, 2.75) is 50.6 Å². The third-order valence-corrected chi connectivity index (χ3v) is 5.63. The standard InChI is InChI=1S/C16H34N4/c1-4-19-10-6-8-16(14-17,9-12-19)20-11-5-7-15(13-20)18(2)3/h15H,4-14,17H2,1-3H3. The fourth-order valence-corrected chi connectivity index (χ4v) is 4.01. The molecule has 0 spiro atoms. The molecule has 2 unspecified atom stereocenters. The molecule has 0 radical (unpaired) electrons. The lowest BCUT2D eigenvalue weighted by atomic mass is 9.86. The molecule has 4 heteroatoms. The molecule has 2 N–H and O–H groups in total. The van der Waals surface area contributed by atoms with Gasteiger partial charge in [0.1, 0.15) is 0 Å². The van der Waals surface area contributed by atoms with Crippen LogP contribution < -0.4 is 5.73 Å². The first-order chi connectivity index (χ1) is 9.61. The van der Waals surface area contributed by atoms with Crippen molar-refractivity contribution < 1.29 is 0 Å². The van der Waals surface area contributed by atoms with E-state index in [0.29, 0.717) is 6.04 Å². The van der Waals surface area contributed by atoms with Crippen LogP contribution in [-0.4, -0.2) is 79.6 Å². The quantitative estimate of drug-likeness (QED) is 0.841. The van der Waals surface area contributed by atoms with E-state index in [-0.39, 0.29) is 5.54 Å². The Bertz CT molecular complexity index is 294. The second kappa shape index (κ2) is 7.21. The lowest BCUT2D eigenvalue weighted by molar-refractivity contribution is 0.0254. The zero-order valence-corrected chi connectivity index (χ0v) is 13.8. The molecule has 20 heavy (non-hydrogen) atoms. The van der Waals surface area contributed by atoms with E-state index in [1.165, 1.54) is 64.8 Å². The maximum absolute atomic E-state index is 6.27. The van der Waals surface area contributed by atoms with Crippen molar-refractivity contribution in [1.29, 1.82) is 0 Å². The minimum Gasteiger partial charge on any atom is -0.329 e. The number of hydrogen-bond donors (Lipinski definition) is 1. The van der Waals surface area contributed by atoms with Crippen LogP contribution in [0.1, 0.15) is 39.0 Å². The van der Waals surface area contributed by atoms with Gasteiger partial charge in [-0.1, -0.05) is 6.92 Å². The molecule has 0 aliphatic carbocycles. The van der Waals surface area contributed by atoms with E-state index < -0.39 is 0 Å². The van der Waals surface area contributed by atoms with Crippen LogP contribution in [0.5, 0.6) is 0 Å². The zero-order valence-electron chi connectivity index (χ0n) is 13.8. The average molecular weight is 282 g/mol. The number of likely N-dealkylation sites (tertiary alicyclic amines) is 2. The Kier molecular flexibility index (Phi) is 5.84. The molecule has 2 fully saturated rings. The SMILES string of the molecule is CCN1CCCC(CN)(N2CCCC(N(C)C)C2)CC1. The molecule has 0 amide bonds. The summed E-state index contributed by atoms with van der Waals surface area (Å²) in [6.07, 6.45) is 6.49. The van der Waals surface area contributed by atoms with E-state index in [1.54, 1.807) is 0 Å². The lowest BCUT2D eigenvalue weighted by Gasteiger charge is -2.48. The maximum Gasteiger partial charge on any atom is 0.0345 e. The van der Waals surface area contributed by atoms with Crippen molar-refractivity contribution >= 4 is 0 Å². The Morgan fingerprint density at radius 1 is 1.15 bits per heavy atom. The number of nitrogens with zero attached hydrogens (tertiary/aromatic N) is 3. The van der Waals surface area contributed by atoms with Gasteiger partial charge in [0.05, 0.1) is 0 Å². The minimum atomic E-state index is 0.262. The summed E-state index contributed by atoms with van der Waals surface area (Å²) in [5.41, 5.74) is 6.54. The van der Waals surface area contributed by atoms with E-state index in [0.717, 1.165) is 6.54 Å². The minimum absolute atomic E-state index is 0.262. The highest BCUT2D eigenvalue weighted by atomic mass is 15.3. The van der Waals surface area contributed by atoms with Crippen LogP contribution in [0.15, 0.2) is 0 Å². The Morgan fingerprint density at radius 2 is 1.95 bits per heavy atom. The van der Waals surface area contributed by atoms with Crippen LogP contribution in [0.25, 0.3) is 0 Å². The zero-order chi connectivity index (χ0) is 14.6. The van der Waals surface area contributed by atoms with Gasteiger partial charge in [-0.05, 0) is 72.4 Å². The normalized spacial score (nSPS) is 34.4. The molecule has 2 atom stereocenters. The fourth-order valence-electron chi connectivity index (χ4n) is 4.01. The monoisotopic (exact) mass is 282 g/mol. The van der Waals surface area contributed by atoms with Crippen LogP contribution in [0.4, 0.5) is 0 Å². The number of rotatable bonds is 4.